The highest BCUT2D eigenvalue weighted by Crippen LogP contribution is 2.32. The van der Waals surface area contributed by atoms with Gasteiger partial charge in [0, 0.05) is 7.05 Å². The summed E-state index contributed by atoms with van der Waals surface area (Å²) in [6.45, 7) is 6.25. The van der Waals surface area contributed by atoms with E-state index >= 15 is 0 Å². The fourth-order valence-electron chi connectivity index (χ4n) is 2.39. The highest BCUT2D eigenvalue weighted by Gasteiger charge is 2.22. The molecule has 0 aliphatic carbocycles. The second-order valence-electron chi connectivity index (χ2n) is 4.78. The van der Waals surface area contributed by atoms with Crippen molar-refractivity contribution in [2.24, 2.45) is 13.0 Å². The van der Waals surface area contributed by atoms with Gasteiger partial charge in [0.1, 0.15) is 0 Å². The van der Waals surface area contributed by atoms with Gasteiger partial charge in [0.25, 0.3) is 0 Å². The Labute approximate surface area is 104 Å². The minimum absolute atomic E-state index is 0.486. The van der Waals surface area contributed by atoms with Gasteiger partial charge in [-0.25, -0.2) is 4.68 Å². The monoisotopic (exact) mass is 240 g/mol. The van der Waals surface area contributed by atoms with Crippen molar-refractivity contribution in [3.05, 3.63) is 11.3 Å². The molecule has 0 aliphatic heterocycles. The molecule has 4 nitrogen and oxygen atoms in total. The van der Waals surface area contributed by atoms with E-state index < -0.39 is 6.10 Å². The standard InChI is InChI=1S/C13H24N2O2/c1-6-7-9(2)8-11(16)12-10(3)14-15(4)13(12)17-5/h9,11,16H,6-8H2,1-5H3. The molecule has 0 bridgehead atoms. The molecule has 0 fully saturated rings. The van der Waals surface area contributed by atoms with Crippen LogP contribution in [-0.4, -0.2) is 22.0 Å². The van der Waals surface area contributed by atoms with Gasteiger partial charge in [-0.3, -0.25) is 0 Å². The zero-order chi connectivity index (χ0) is 13.0. The largest absolute Gasteiger partial charge is 0.481 e. The zero-order valence-corrected chi connectivity index (χ0v) is 11.5. The summed E-state index contributed by atoms with van der Waals surface area (Å²) < 4.78 is 6.98. The molecular formula is C13H24N2O2. The third-order valence-electron chi connectivity index (χ3n) is 3.15. The Kier molecular flexibility index (Phi) is 5.00. The van der Waals surface area contributed by atoms with Gasteiger partial charge in [-0.05, 0) is 19.3 Å². The first kappa shape index (κ1) is 14.0. The lowest BCUT2D eigenvalue weighted by Crippen LogP contribution is -2.07. The van der Waals surface area contributed by atoms with Crippen LogP contribution >= 0.6 is 0 Å². The van der Waals surface area contributed by atoms with Crippen molar-refractivity contribution in [2.75, 3.05) is 7.11 Å². The van der Waals surface area contributed by atoms with E-state index in [1.165, 1.54) is 0 Å². The first-order chi connectivity index (χ1) is 8.01. The molecule has 1 aromatic rings. The molecule has 1 N–H and O–H groups in total. The van der Waals surface area contributed by atoms with Crippen LogP contribution in [0.2, 0.25) is 0 Å². The van der Waals surface area contributed by atoms with Crippen molar-refractivity contribution in [3.63, 3.8) is 0 Å². The van der Waals surface area contributed by atoms with Gasteiger partial charge in [0.2, 0.25) is 5.88 Å². The molecule has 0 aliphatic rings. The van der Waals surface area contributed by atoms with Crippen LogP contribution in [0.5, 0.6) is 5.88 Å². The molecule has 17 heavy (non-hydrogen) atoms. The first-order valence-electron chi connectivity index (χ1n) is 6.26. The minimum atomic E-state index is -0.486. The number of hydrogen-bond acceptors (Lipinski definition) is 3. The van der Waals surface area contributed by atoms with Gasteiger partial charge in [-0.2, -0.15) is 5.10 Å². The van der Waals surface area contributed by atoms with Crippen molar-refractivity contribution in [1.29, 1.82) is 0 Å². The van der Waals surface area contributed by atoms with Gasteiger partial charge in [-0.1, -0.05) is 26.7 Å². The molecule has 0 saturated heterocycles. The Balaban J connectivity index is 2.84. The normalized spacial score (nSPS) is 14.7. The van der Waals surface area contributed by atoms with Crippen molar-refractivity contribution in [2.45, 2.75) is 46.1 Å². The maximum atomic E-state index is 10.3. The number of rotatable bonds is 6. The zero-order valence-electron chi connectivity index (χ0n) is 11.5. The lowest BCUT2D eigenvalue weighted by Gasteiger charge is -2.16. The van der Waals surface area contributed by atoms with Gasteiger partial charge >= 0.3 is 0 Å². The number of aliphatic hydroxyl groups excluding tert-OH is 1. The Morgan fingerprint density at radius 2 is 2.12 bits per heavy atom. The van der Waals surface area contributed by atoms with Gasteiger partial charge in [-0.15, -0.1) is 0 Å². The average molecular weight is 240 g/mol. The number of nitrogens with zero attached hydrogens (tertiary/aromatic N) is 2. The predicted octanol–water partition coefficient (Wildman–Crippen LogP) is 2.60. The van der Waals surface area contributed by atoms with Crippen LogP contribution in [0.1, 0.15) is 50.5 Å². The average Bonchev–Trinajstić information content (AvgIpc) is 2.52. The summed E-state index contributed by atoms with van der Waals surface area (Å²) in [4.78, 5) is 0. The van der Waals surface area contributed by atoms with E-state index in [2.05, 4.69) is 18.9 Å². The van der Waals surface area contributed by atoms with Gasteiger partial charge < -0.3 is 9.84 Å². The van der Waals surface area contributed by atoms with Crippen LogP contribution < -0.4 is 4.74 Å². The third-order valence-corrected chi connectivity index (χ3v) is 3.15. The summed E-state index contributed by atoms with van der Waals surface area (Å²) >= 11 is 0. The molecule has 0 spiro atoms. The smallest absolute Gasteiger partial charge is 0.217 e. The lowest BCUT2D eigenvalue weighted by atomic mass is 9.95. The minimum Gasteiger partial charge on any atom is -0.481 e. The SMILES string of the molecule is CCCC(C)CC(O)c1c(C)nn(C)c1OC. The summed E-state index contributed by atoms with van der Waals surface area (Å²) in [5, 5.41) is 14.6. The van der Waals surface area contributed by atoms with Crippen LogP contribution in [0.3, 0.4) is 0 Å². The van der Waals surface area contributed by atoms with Crippen LogP contribution in [0, 0.1) is 12.8 Å². The molecule has 0 saturated carbocycles. The van der Waals surface area contributed by atoms with Crippen molar-refractivity contribution < 1.29 is 9.84 Å². The number of aliphatic hydroxyl groups is 1. The molecule has 1 rings (SSSR count). The summed E-state index contributed by atoms with van der Waals surface area (Å²) in [6, 6.07) is 0. The Morgan fingerprint density at radius 3 is 2.65 bits per heavy atom. The van der Waals surface area contributed by atoms with E-state index in [1.807, 2.05) is 14.0 Å². The predicted molar refractivity (Wildman–Crippen MR) is 68.1 cm³/mol. The molecule has 98 valence electrons. The van der Waals surface area contributed by atoms with Crippen molar-refractivity contribution in [3.8, 4) is 5.88 Å². The van der Waals surface area contributed by atoms with E-state index in [1.54, 1.807) is 11.8 Å². The van der Waals surface area contributed by atoms with Crippen LogP contribution in [0.15, 0.2) is 0 Å². The molecule has 0 amide bonds. The maximum Gasteiger partial charge on any atom is 0.217 e. The second kappa shape index (κ2) is 6.05. The van der Waals surface area contributed by atoms with Crippen LogP contribution in [0.25, 0.3) is 0 Å². The fraction of sp³-hybridized carbons (Fsp3) is 0.769. The molecule has 1 heterocycles. The molecule has 2 unspecified atom stereocenters. The number of methoxy groups -OCH3 is 1. The highest BCUT2D eigenvalue weighted by molar-refractivity contribution is 5.33. The first-order valence-corrected chi connectivity index (χ1v) is 6.26. The second-order valence-corrected chi connectivity index (χ2v) is 4.78. The quantitative estimate of drug-likeness (QED) is 0.831. The summed E-state index contributed by atoms with van der Waals surface area (Å²) in [7, 11) is 3.44. The number of aromatic nitrogens is 2. The number of aryl methyl sites for hydroxylation is 2. The molecule has 2 atom stereocenters. The van der Waals surface area contributed by atoms with Crippen LogP contribution in [-0.2, 0) is 7.05 Å². The molecule has 0 aromatic carbocycles. The topological polar surface area (TPSA) is 47.3 Å². The molecule has 1 aromatic heterocycles. The lowest BCUT2D eigenvalue weighted by molar-refractivity contribution is 0.140. The van der Waals surface area contributed by atoms with E-state index in [4.69, 9.17) is 4.74 Å². The van der Waals surface area contributed by atoms with E-state index in [0.717, 1.165) is 30.5 Å². The number of hydrogen-bond donors (Lipinski definition) is 1. The van der Waals surface area contributed by atoms with E-state index in [9.17, 15) is 5.11 Å². The summed E-state index contributed by atoms with van der Waals surface area (Å²) in [5.74, 6) is 1.18. The van der Waals surface area contributed by atoms with Crippen LogP contribution in [0.4, 0.5) is 0 Å². The van der Waals surface area contributed by atoms with Crippen molar-refractivity contribution >= 4 is 0 Å². The fourth-order valence-corrected chi connectivity index (χ4v) is 2.39. The van der Waals surface area contributed by atoms with Gasteiger partial charge in [0.15, 0.2) is 0 Å². The maximum absolute atomic E-state index is 10.3. The Morgan fingerprint density at radius 1 is 1.47 bits per heavy atom. The number of ether oxygens (including phenoxy) is 1. The molecule has 0 radical (unpaired) electrons. The van der Waals surface area contributed by atoms with Crippen molar-refractivity contribution in [1.82, 2.24) is 9.78 Å². The molecule has 4 heteroatoms. The van der Waals surface area contributed by atoms with E-state index in [0.29, 0.717) is 11.8 Å². The third kappa shape index (κ3) is 3.22. The van der Waals surface area contributed by atoms with Gasteiger partial charge in [0.05, 0.1) is 24.5 Å². The Hall–Kier alpha value is -1.03. The molecular weight excluding hydrogens is 216 g/mol. The highest BCUT2D eigenvalue weighted by atomic mass is 16.5. The summed E-state index contributed by atoms with van der Waals surface area (Å²) in [5.41, 5.74) is 1.68. The van der Waals surface area contributed by atoms with E-state index in [-0.39, 0.29) is 0 Å². The summed E-state index contributed by atoms with van der Waals surface area (Å²) in [6.07, 6.45) is 2.56. The Bertz CT molecular complexity index is 361.